The highest BCUT2D eigenvalue weighted by Crippen LogP contribution is 2.35. The lowest BCUT2D eigenvalue weighted by atomic mass is 9.86. The number of halogens is 1. The maximum Gasteiger partial charge on any atom is 0.247 e. The maximum atomic E-state index is 11.6. The summed E-state index contributed by atoms with van der Waals surface area (Å²) in [4.78, 5) is 11.6. The number of hydrogen-bond acceptors (Lipinski definition) is 2. The van der Waals surface area contributed by atoms with Crippen molar-refractivity contribution in [3.05, 3.63) is 59.8 Å². The van der Waals surface area contributed by atoms with E-state index in [0.717, 1.165) is 41.9 Å². The first kappa shape index (κ1) is 15.6. The molecule has 0 bridgehead atoms. The van der Waals surface area contributed by atoms with Gasteiger partial charge in [0.1, 0.15) is 0 Å². The molecule has 1 unspecified atom stereocenters. The first-order chi connectivity index (χ1) is 11.2. The van der Waals surface area contributed by atoms with E-state index in [-0.39, 0.29) is 5.91 Å². The van der Waals surface area contributed by atoms with Crippen LogP contribution in [0.4, 0.5) is 5.69 Å². The largest absolute Gasteiger partial charge is 0.322 e. The molecule has 118 valence electrons. The third-order valence-corrected chi connectivity index (χ3v) is 4.30. The van der Waals surface area contributed by atoms with Crippen LogP contribution in [-0.4, -0.2) is 16.1 Å². The maximum absolute atomic E-state index is 11.6. The Labute approximate surface area is 140 Å². The molecule has 1 heterocycles. The Hall–Kier alpha value is -2.33. The average molecular weight is 328 g/mol. The number of nitrogens with zero attached hydrogens (tertiary/aromatic N) is 1. The molecule has 2 aromatic rings. The number of nitrogens with one attached hydrogen (secondary N) is 2. The molecule has 1 aromatic carbocycles. The number of carbonyl (C=O) groups excluding carboxylic acids is 1. The van der Waals surface area contributed by atoms with Gasteiger partial charge >= 0.3 is 0 Å². The summed E-state index contributed by atoms with van der Waals surface area (Å²) in [5, 5.41) is 10.5. The van der Waals surface area contributed by atoms with Gasteiger partial charge < -0.3 is 5.32 Å². The van der Waals surface area contributed by atoms with Crippen molar-refractivity contribution in [2.75, 3.05) is 5.32 Å². The molecule has 2 N–H and O–H groups in total. The zero-order chi connectivity index (χ0) is 16.2. The lowest BCUT2D eigenvalue weighted by Crippen LogP contribution is -2.12. The van der Waals surface area contributed by atoms with Crippen LogP contribution in [0, 0.1) is 5.92 Å². The van der Waals surface area contributed by atoms with Gasteiger partial charge in [-0.05, 0) is 37.3 Å². The second kappa shape index (κ2) is 6.84. The van der Waals surface area contributed by atoms with Crippen molar-refractivity contribution in [2.45, 2.75) is 19.3 Å². The Morgan fingerprint density at radius 2 is 2.26 bits per heavy atom. The first-order valence-corrected chi connectivity index (χ1v) is 8.02. The Kier molecular flexibility index (Phi) is 4.63. The molecule has 0 fully saturated rings. The van der Waals surface area contributed by atoms with Crippen molar-refractivity contribution < 1.29 is 4.79 Å². The van der Waals surface area contributed by atoms with Gasteiger partial charge in [-0.1, -0.05) is 42.5 Å². The van der Waals surface area contributed by atoms with Gasteiger partial charge in [-0.15, -0.1) is 0 Å². The van der Waals surface area contributed by atoms with E-state index in [1.165, 1.54) is 11.6 Å². The molecule has 5 heteroatoms. The minimum Gasteiger partial charge on any atom is -0.322 e. The summed E-state index contributed by atoms with van der Waals surface area (Å²) in [5.74, 6) is 0.221. The summed E-state index contributed by atoms with van der Waals surface area (Å²) >= 11 is 5.69. The fourth-order valence-electron chi connectivity index (χ4n) is 3.01. The topological polar surface area (TPSA) is 57.8 Å². The number of carbonyl (C=O) groups is 1. The molecule has 1 amide bonds. The number of hydrogen-bond donors (Lipinski definition) is 2. The molecule has 1 atom stereocenters. The van der Waals surface area contributed by atoms with E-state index >= 15 is 0 Å². The van der Waals surface area contributed by atoms with Gasteiger partial charge in [0.2, 0.25) is 5.91 Å². The van der Waals surface area contributed by atoms with E-state index in [0.29, 0.717) is 5.92 Å². The Morgan fingerprint density at radius 3 is 3.04 bits per heavy atom. The molecule has 0 radical (unpaired) electrons. The smallest absolute Gasteiger partial charge is 0.247 e. The van der Waals surface area contributed by atoms with E-state index < -0.39 is 0 Å². The number of aromatic nitrogens is 2. The van der Waals surface area contributed by atoms with Crippen LogP contribution in [0.5, 0.6) is 0 Å². The number of allylic oxidation sites excluding steroid dienone is 1. The molecule has 4 nitrogen and oxygen atoms in total. The molecule has 0 aliphatic heterocycles. The Bertz CT molecular complexity index is 763. The number of benzene rings is 1. The monoisotopic (exact) mass is 327 g/mol. The molecular weight excluding hydrogens is 310 g/mol. The molecule has 3 rings (SSSR count). The van der Waals surface area contributed by atoms with E-state index in [1.807, 2.05) is 30.3 Å². The van der Waals surface area contributed by atoms with Crippen LogP contribution in [-0.2, 0) is 17.6 Å². The van der Waals surface area contributed by atoms with Crippen LogP contribution in [0.2, 0.25) is 0 Å². The molecule has 1 aliphatic rings. The van der Waals surface area contributed by atoms with Gasteiger partial charge in [-0.2, -0.15) is 5.10 Å². The second-order valence-corrected chi connectivity index (χ2v) is 5.84. The highest BCUT2D eigenvalue weighted by Gasteiger charge is 2.23. The first-order valence-electron chi connectivity index (χ1n) is 7.58. The van der Waals surface area contributed by atoms with E-state index in [9.17, 15) is 4.79 Å². The van der Waals surface area contributed by atoms with Crippen LogP contribution < -0.4 is 5.32 Å². The summed E-state index contributed by atoms with van der Waals surface area (Å²) in [6.07, 6.45) is 6.19. The number of rotatable bonds is 4. The van der Waals surface area contributed by atoms with Gasteiger partial charge in [0, 0.05) is 22.4 Å². The predicted octanol–water partition coefficient (Wildman–Crippen LogP) is 4.06. The zero-order valence-corrected chi connectivity index (χ0v) is 13.4. The van der Waals surface area contributed by atoms with Crippen LogP contribution in [0.1, 0.15) is 17.7 Å². The summed E-state index contributed by atoms with van der Waals surface area (Å²) < 4.78 is 0. The van der Waals surface area contributed by atoms with Crippen molar-refractivity contribution in [3.8, 4) is 11.3 Å². The molecule has 0 saturated carbocycles. The Morgan fingerprint density at radius 1 is 1.43 bits per heavy atom. The fourth-order valence-corrected chi connectivity index (χ4v) is 3.21. The number of amides is 1. The van der Waals surface area contributed by atoms with Crippen molar-refractivity contribution in [2.24, 2.45) is 5.92 Å². The lowest BCUT2D eigenvalue weighted by molar-refractivity contribution is -0.111. The molecule has 0 spiro atoms. The van der Waals surface area contributed by atoms with Gasteiger partial charge in [-0.3, -0.25) is 9.89 Å². The van der Waals surface area contributed by atoms with Gasteiger partial charge in [0.05, 0.1) is 11.4 Å². The quantitative estimate of drug-likeness (QED) is 0.832. The minimum atomic E-state index is -0.228. The summed E-state index contributed by atoms with van der Waals surface area (Å²) in [6, 6.07) is 7.68. The number of fused-ring (bicyclic) bond motifs is 1. The number of anilines is 1. The van der Waals surface area contributed by atoms with Crippen molar-refractivity contribution >= 4 is 23.2 Å². The predicted molar refractivity (Wildman–Crippen MR) is 93.4 cm³/mol. The molecule has 0 saturated heterocycles. The summed E-state index contributed by atoms with van der Waals surface area (Å²) in [7, 11) is 0. The van der Waals surface area contributed by atoms with Crippen molar-refractivity contribution in [1.82, 2.24) is 10.2 Å². The normalized spacial score (nSPS) is 17.0. The molecular formula is C18H18ClN3O. The van der Waals surface area contributed by atoms with E-state index in [4.69, 9.17) is 11.6 Å². The van der Waals surface area contributed by atoms with Gasteiger partial charge in [0.15, 0.2) is 0 Å². The van der Waals surface area contributed by atoms with E-state index in [1.54, 1.807) is 5.54 Å². The van der Waals surface area contributed by atoms with Gasteiger partial charge in [0.25, 0.3) is 0 Å². The molecule has 23 heavy (non-hydrogen) atoms. The fraction of sp³-hybridized carbons (Fsp3) is 0.222. The minimum absolute atomic E-state index is 0.228. The van der Waals surface area contributed by atoms with Crippen molar-refractivity contribution in [3.63, 3.8) is 0 Å². The third kappa shape index (κ3) is 3.22. The third-order valence-electron chi connectivity index (χ3n) is 4.15. The highest BCUT2D eigenvalue weighted by molar-refractivity contribution is 6.25. The van der Waals surface area contributed by atoms with Crippen LogP contribution >= 0.6 is 11.6 Å². The van der Waals surface area contributed by atoms with Gasteiger partial charge in [-0.25, -0.2) is 0 Å². The number of aromatic amines is 1. The number of H-pyrrole nitrogens is 1. The van der Waals surface area contributed by atoms with Crippen LogP contribution in [0.25, 0.3) is 11.3 Å². The summed E-state index contributed by atoms with van der Waals surface area (Å²) in [6.45, 7) is 3.49. The molecule has 1 aromatic heterocycles. The van der Waals surface area contributed by atoms with Crippen LogP contribution in [0.15, 0.2) is 48.5 Å². The second-order valence-electron chi connectivity index (χ2n) is 5.59. The lowest BCUT2D eigenvalue weighted by Gasteiger charge is -2.19. The number of para-hydroxylation sites is 1. The average Bonchev–Trinajstić information content (AvgIpc) is 2.98. The standard InChI is InChI=1S/C18H18ClN3O/c1-2-17(23)20-15-6-4-3-5-13(15)18-14-8-7-12(9-10-19)11-16(14)21-22-18/h2-6,9-10,12H,1,7-8,11H2,(H,20,23)(H,21,22)/b10-9-. The van der Waals surface area contributed by atoms with Crippen LogP contribution in [0.3, 0.4) is 0 Å². The summed E-state index contributed by atoms with van der Waals surface area (Å²) in [5.41, 5.74) is 6.54. The van der Waals surface area contributed by atoms with Crippen molar-refractivity contribution in [1.29, 1.82) is 0 Å². The zero-order valence-electron chi connectivity index (χ0n) is 12.7. The SMILES string of the molecule is C=CC(=O)Nc1ccccc1-c1n[nH]c2c1CCC(/C=C\Cl)C2. The molecule has 1 aliphatic carbocycles. The highest BCUT2D eigenvalue weighted by atomic mass is 35.5. The van der Waals surface area contributed by atoms with E-state index in [2.05, 4.69) is 22.1 Å². The Balaban J connectivity index is 1.95.